The summed E-state index contributed by atoms with van der Waals surface area (Å²) in [7, 11) is 0. The van der Waals surface area contributed by atoms with Crippen LogP contribution in [0.4, 0.5) is 0 Å². The fourth-order valence-corrected chi connectivity index (χ4v) is 3.13. The van der Waals surface area contributed by atoms with Gasteiger partial charge in [0.05, 0.1) is 17.2 Å². The van der Waals surface area contributed by atoms with Gasteiger partial charge in [-0.2, -0.15) is 0 Å². The maximum absolute atomic E-state index is 10.1. The van der Waals surface area contributed by atoms with Gasteiger partial charge in [0.15, 0.2) is 5.65 Å². The van der Waals surface area contributed by atoms with E-state index in [4.69, 9.17) is 0 Å². The number of nitrogens with zero attached hydrogens (tertiary/aromatic N) is 3. The minimum absolute atomic E-state index is 0. The van der Waals surface area contributed by atoms with Gasteiger partial charge in [-0.15, -0.1) is 23.7 Å². The monoisotopic (exact) mass is 317 g/mol. The molecule has 4 aromatic rings. The van der Waals surface area contributed by atoms with E-state index >= 15 is 0 Å². The number of benzene rings is 1. The highest BCUT2D eigenvalue weighted by Crippen LogP contribution is 2.29. The number of aromatic hydroxyl groups is 1. The first-order valence-electron chi connectivity index (χ1n) is 6.25. The molecular weight excluding hydrogens is 306 g/mol. The molecule has 0 atom stereocenters. The summed E-state index contributed by atoms with van der Waals surface area (Å²) >= 11 is 1.70. The van der Waals surface area contributed by atoms with Crippen LogP contribution < -0.4 is 0 Å². The molecule has 1 aromatic carbocycles. The van der Waals surface area contributed by atoms with Crippen LogP contribution in [0.25, 0.3) is 27.1 Å². The Kier molecular flexibility index (Phi) is 3.31. The highest BCUT2D eigenvalue weighted by molar-refractivity contribution is 7.13. The van der Waals surface area contributed by atoms with Crippen LogP contribution in [0.1, 0.15) is 5.69 Å². The van der Waals surface area contributed by atoms with Crippen molar-refractivity contribution < 1.29 is 5.11 Å². The second kappa shape index (κ2) is 5.02. The summed E-state index contributed by atoms with van der Waals surface area (Å²) in [5.74, 6) is 0.177. The van der Waals surface area contributed by atoms with Gasteiger partial charge in [-0.1, -0.05) is 12.1 Å². The van der Waals surface area contributed by atoms with Crippen LogP contribution in [0.2, 0.25) is 0 Å². The summed E-state index contributed by atoms with van der Waals surface area (Å²) in [4.78, 5) is 9.94. The van der Waals surface area contributed by atoms with Gasteiger partial charge in [0.25, 0.3) is 0 Å². The maximum Gasteiger partial charge on any atom is 0.219 e. The molecule has 3 heterocycles. The van der Waals surface area contributed by atoms with Crippen LogP contribution in [0.15, 0.2) is 41.9 Å². The topological polar surface area (TPSA) is 50.4 Å². The van der Waals surface area contributed by atoms with Crippen molar-refractivity contribution in [3.05, 3.63) is 47.6 Å². The average Bonchev–Trinajstić information content (AvgIpc) is 3.08. The van der Waals surface area contributed by atoms with E-state index in [9.17, 15) is 5.11 Å². The summed E-state index contributed by atoms with van der Waals surface area (Å²) in [5, 5.41) is 12.2. The molecular formula is C15H12ClN3OS. The fraction of sp³-hybridized carbons (Fsp3) is 0.0667. The smallest absolute Gasteiger partial charge is 0.219 e. The number of aromatic nitrogens is 3. The van der Waals surface area contributed by atoms with Crippen LogP contribution in [-0.2, 0) is 0 Å². The molecule has 0 radical (unpaired) electrons. The quantitative estimate of drug-likeness (QED) is 0.576. The highest BCUT2D eigenvalue weighted by atomic mass is 35.5. The third-order valence-electron chi connectivity index (χ3n) is 3.39. The minimum Gasteiger partial charge on any atom is -0.493 e. The fourth-order valence-electron chi connectivity index (χ4n) is 2.41. The van der Waals surface area contributed by atoms with E-state index < -0.39 is 0 Å². The molecule has 0 spiro atoms. The molecule has 0 amide bonds. The van der Waals surface area contributed by atoms with Crippen molar-refractivity contribution in [1.29, 1.82) is 0 Å². The van der Waals surface area contributed by atoms with Gasteiger partial charge in [0, 0.05) is 4.88 Å². The Bertz CT molecular complexity index is 931. The molecule has 4 rings (SSSR count). The second-order valence-electron chi connectivity index (χ2n) is 4.65. The first-order valence-corrected chi connectivity index (χ1v) is 7.12. The van der Waals surface area contributed by atoms with Gasteiger partial charge in [0.2, 0.25) is 5.88 Å². The first-order chi connectivity index (χ1) is 9.74. The van der Waals surface area contributed by atoms with Crippen molar-refractivity contribution in [2.75, 3.05) is 0 Å². The predicted octanol–water partition coefficient (Wildman–Crippen LogP) is 4.05. The molecule has 0 aliphatic rings. The Labute approximate surface area is 131 Å². The molecule has 3 aromatic heterocycles. The van der Waals surface area contributed by atoms with Crippen molar-refractivity contribution in [1.82, 2.24) is 14.4 Å². The van der Waals surface area contributed by atoms with Crippen molar-refractivity contribution in [2.45, 2.75) is 6.92 Å². The van der Waals surface area contributed by atoms with Crippen LogP contribution >= 0.6 is 23.7 Å². The number of imidazole rings is 1. The van der Waals surface area contributed by atoms with Crippen molar-refractivity contribution in [3.8, 4) is 16.3 Å². The van der Waals surface area contributed by atoms with E-state index in [1.54, 1.807) is 28.9 Å². The zero-order valence-corrected chi connectivity index (χ0v) is 12.8. The second-order valence-corrected chi connectivity index (χ2v) is 5.60. The Hall–Kier alpha value is -2.11. The molecule has 1 N–H and O–H groups in total. The Morgan fingerprint density at radius 1 is 1.24 bits per heavy atom. The number of thiophene rings is 1. The molecule has 0 aliphatic carbocycles. The summed E-state index contributed by atoms with van der Waals surface area (Å²) < 4.78 is 1.73. The van der Waals surface area contributed by atoms with E-state index in [2.05, 4.69) is 21.4 Å². The zero-order chi connectivity index (χ0) is 13.7. The zero-order valence-electron chi connectivity index (χ0n) is 11.1. The lowest BCUT2D eigenvalue weighted by atomic mass is 10.1. The van der Waals surface area contributed by atoms with E-state index in [1.807, 2.05) is 24.3 Å². The molecule has 0 aliphatic heterocycles. The van der Waals surface area contributed by atoms with Gasteiger partial charge < -0.3 is 5.11 Å². The standard InChI is InChI=1S/C15H11N3OS.ClH/c1-9-15(19)18-12-5-4-10(13-3-2-6-20-13)7-11(12)16-8-14(18)17-9;/h2-8,19H,1H3;1H. The third kappa shape index (κ3) is 2.05. The lowest BCUT2D eigenvalue weighted by molar-refractivity contribution is 0.446. The van der Waals surface area contributed by atoms with E-state index in [0.29, 0.717) is 11.3 Å². The molecule has 0 unspecified atom stereocenters. The van der Waals surface area contributed by atoms with Crippen LogP contribution in [0.3, 0.4) is 0 Å². The van der Waals surface area contributed by atoms with Crippen molar-refractivity contribution in [3.63, 3.8) is 0 Å². The number of halogens is 1. The normalized spacial score (nSPS) is 10.9. The predicted molar refractivity (Wildman–Crippen MR) is 87.5 cm³/mol. The van der Waals surface area contributed by atoms with Crippen molar-refractivity contribution >= 4 is 40.4 Å². The lowest BCUT2D eigenvalue weighted by Crippen LogP contribution is -1.91. The molecule has 0 bridgehead atoms. The summed E-state index contributed by atoms with van der Waals surface area (Å²) in [6, 6.07) is 10.2. The van der Waals surface area contributed by atoms with E-state index in [-0.39, 0.29) is 18.3 Å². The van der Waals surface area contributed by atoms with Gasteiger partial charge in [-0.3, -0.25) is 9.38 Å². The average molecular weight is 318 g/mol. The van der Waals surface area contributed by atoms with Gasteiger partial charge in [0.1, 0.15) is 5.69 Å². The highest BCUT2D eigenvalue weighted by Gasteiger charge is 2.11. The van der Waals surface area contributed by atoms with Crippen LogP contribution in [-0.4, -0.2) is 19.5 Å². The first kappa shape index (κ1) is 13.9. The molecule has 106 valence electrons. The van der Waals surface area contributed by atoms with E-state index in [0.717, 1.165) is 16.6 Å². The maximum atomic E-state index is 10.1. The molecule has 0 fully saturated rings. The van der Waals surface area contributed by atoms with Crippen LogP contribution in [0, 0.1) is 6.92 Å². The minimum atomic E-state index is 0. The number of rotatable bonds is 1. The van der Waals surface area contributed by atoms with Gasteiger partial charge in [-0.25, -0.2) is 4.98 Å². The molecule has 6 heteroatoms. The largest absolute Gasteiger partial charge is 0.493 e. The Morgan fingerprint density at radius 3 is 2.86 bits per heavy atom. The Balaban J connectivity index is 0.00000132. The molecule has 0 saturated heterocycles. The van der Waals surface area contributed by atoms with Gasteiger partial charge >= 0.3 is 0 Å². The van der Waals surface area contributed by atoms with E-state index in [1.165, 1.54) is 4.88 Å². The number of fused-ring (bicyclic) bond motifs is 3. The number of hydrogen-bond acceptors (Lipinski definition) is 4. The number of aryl methyl sites for hydroxylation is 1. The molecule has 4 nitrogen and oxygen atoms in total. The molecule has 21 heavy (non-hydrogen) atoms. The number of hydrogen-bond donors (Lipinski definition) is 1. The third-order valence-corrected chi connectivity index (χ3v) is 4.31. The Morgan fingerprint density at radius 2 is 2.10 bits per heavy atom. The van der Waals surface area contributed by atoms with Crippen LogP contribution in [0.5, 0.6) is 5.88 Å². The summed E-state index contributed by atoms with van der Waals surface area (Å²) in [6.07, 6.45) is 1.69. The summed E-state index contributed by atoms with van der Waals surface area (Å²) in [5.41, 5.74) is 4.12. The summed E-state index contributed by atoms with van der Waals surface area (Å²) in [6.45, 7) is 1.79. The van der Waals surface area contributed by atoms with Gasteiger partial charge in [-0.05, 0) is 36.1 Å². The lowest BCUT2D eigenvalue weighted by Gasteiger charge is -2.04. The SMILES string of the molecule is Cc1nc2cnc3cc(-c4cccs4)ccc3n2c1O.Cl. The van der Waals surface area contributed by atoms with Crippen molar-refractivity contribution in [2.24, 2.45) is 0 Å². The molecule has 0 saturated carbocycles.